The molecule has 6 heteroatoms. The summed E-state index contributed by atoms with van der Waals surface area (Å²) >= 11 is 6.11. The molecule has 26 heavy (non-hydrogen) atoms. The van der Waals surface area contributed by atoms with E-state index >= 15 is 0 Å². The van der Waals surface area contributed by atoms with E-state index in [1.54, 1.807) is 12.1 Å². The van der Waals surface area contributed by atoms with E-state index in [1.165, 1.54) is 0 Å². The summed E-state index contributed by atoms with van der Waals surface area (Å²) in [5.41, 5.74) is 2.61. The fourth-order valence-corrected chi connectivity index (χ4v) is 3.05. The standard InChI is InChI=1S/C20H21ClO5/c1-13(2)17-5-3-4-6-18(17)24-11-19(22)25-10-15-8-16(21)7-14-9-23-12-26-20(14)15/h3-8,13H,9-12H2,1-2H3. The van der Waals surface area contributed by atoms with Gasteiger partial charge in [0, 0.05) is 16.1 Å². The average molecular weight is 377 g/mol. The minimum Gasteiger partial charge on any atom is -0.482 e. The molecular formula is C20H21ClO5. The maximum Gasteiger partial charge on any atom is 0.344 e. The molecule has 0 unspecified atom stereocenters. The molecule has 0 bridgehead atoms. The molecule has 0 aromatic heterocycles. The number of hydrogen-bond donors (Lipinski definition) is 0. The Morgan fingerprint density at radius 1 is 1.27 bits per heavy atom. The lowest BCUT2D eigenvalue weighted by Gasteiger charge is -2.21. The first-order valence-electron chi connectivity index (χ1n) is 8.43. The Balaban J connectivity index is 1.59. The van der Waals surface area contributed by atoms with Crippen LogP contribution in [0.15, 0.2) is 36.4 Å². The van der Waals surface area contributed by atoms with Gasteiger partial charge in [-0.15, -0.1) is 0 Å². The van der Waals surface area contributed by atoms with E-state index in [0.29, 0.717) is 34.6 Å². The Morgan fingerprint density at radius 3 is 2.88 bits per heavy atom. The third kappa shape index (κ3) is 4.48. The topological polar surface area (TPSA) is 54.0 Å². The number of esters is 1. The van der Waals surface area contributed by atoms with Crippen LogP contribution in [0.1, 0.15) is 36.5 Å². The van der Waals surface area contributed by atoms with Crippen LogP contribution in [0, 0.1) is 0 Å². The van der Waals surface area contributed by atoms with Crippen LogP contribution in [0.25, 0.3) is 0 Å². The van der Waals surface area contributed by atoms with Crippen molar-refractivity contribution >= 4 is 17.6 Å². The molecule has 0 spiro atoms. The molecule has 5 nitrogen and oxygen atoms in total. The van der Waals surface area contributed by atoms with Gasteiger partial charge < -0.3 is 18.9 Å². The van der Waals surface area contributed by atoms with Crippen molar-refractivity contribution < 1.29 is 23.7 Å². The van der Waals surface area contributed by atoms with Gasteiger partial charge in [0.1, 0.15) is 18.1 Å². The van der Waals surface area contributed by atoms with Crippen molar-refractivity contribution in [1.82, 2.24) is 0 Å². The van der Waals surface area contributed by atoms with Gasteiger partial charge in [0.15, 0.2) is 13.4 Å². The Labute approximate surface area is 157 Å². The summed E-state index contributed by atoms with van der Waals surface area (Å²) in [5, 5.41) is 0.547. The molecule has 0 saturated heterocycles. The maximum atomic E-state index is 12.1. The lowest BCUT2D eigenvalue weighted by Crippen LogP contribution is -2.17. The van der Waals surface area contributed by atoms with Gasteiger partial charge in [-0.25, -0.2) is 4.79 Å². The van der Waals surface area contributed by atoms with E-state index in [0.717, 1.165) is 11.1 Å². The molecule has 2 aromatic rings. The van der Waals surface area contributed by atoms with Crippen LogP contribution >= 0.6 is 11.6 Å². The normalized spacial score (nSPS) is 13.1. The van der Waals surface area contributed by atoms with Gasteiger partial charge in [-0.3, -0.25) is 0 Å². The van der Waals surface area contributed by atoms with E-state index < -0.39 is 5.97 Å². The molecule has 0 atom stereocenters. The summed E-state index contributed by atoms with van der Waals surface area (Å²) in [6, 6.07) is 11.2. The molecule has 2 aromatic carbocycles. The number of benzene rings is 2. The smallest absolute Gasteiger partial charge is 0.344 e. The minimum atomic E-state index is -0.454. The van der Waals surface area contributed by atoms with Crippen LogP contribution in [0.4, 0.5) is 0 Å². The van der Waals surface area contributed by atoms with Crippen molar-refractivity contribution in [2.75, 3.05) is 13.4 Å². The Morgan fingerprint density at radius 2 is 2.08 bits per heavy atom. The fraction of sp³-hybridized carbons (Fsp3) is 0.350. The summed E-state index contributed by atoms with van der Waals surface area (Å²) in [6.45, 7) is 4.66. The van der Waals surface area contributed by atoms with Crippen molar-refractivity contribution in [2.45, 2.75) is 33.0 Å². The first-order chi connectivity index (χ1) is 12.5. The summed E-state index contributed by atoms with van der Waals surface area (Å²) in [4.78, 5) is 12.1. The monoisotopic (exact) mass is 376 g/mol. The number of para-hydroxylation sites is 1. The van der Waals surface area contributed by atoms with Gasteiger partial charge in [0.2, 0.25) is 0 Å². The van der Waals surface area contributed by atoms with Gasteiger partial charge in [0.05, 0.1) is 6.61 Å². The lowest BCUT2D eigenvalue weighted by atomic mass is 10.0. The molecule has 1 heterocycles. The highest BCUT2D eigenvalue weighted by Crippen LogP contribution is 2.32. The SMILES string of the molecule is CC(C)c1ccccc1OCC(=O)OCc1cc(Cl)cc2c1OCOC2. The van der Waals surface area contributed by atoms with Crippen LogP contribution in [-0.2, 0) is 27.5 Å². The number of hydrogen-bond acceptors (Lipinski definition) is 5. The van der Waals surface area contributed by atoms with Crippen molar-refractivity contribution in [1.29, 1.82) is 0 Å². The zero-order chi connectivity index (χ0) is 18.5. The number of ether oxygens (including phenoxy) is 4. The largest absolute Gasteiger partial charge is 0.482 e. The highest BCUT2D eigenvalue weighted by Gasteiger charge is 2.18. The van der Waals surface area contributed by atoms with Gasteiger partial charge in [-0.05, 0) is 29.7 Å². The first kappa shape index (κ1) is 18.5. The van der Waals surface area contributed by atoms with Crippen molar-refractivity contribution in [2.24, 2.45) is 0 Å². The molecule has 0 radical (unpaired) electrons. The Bertz CT molecular complexity index is 788. The van der Waals surface area contributed by atoms with Crippen molar-refractivity contribution in [3.8, 4) is 11.5 Å². The quantitative estimate of drug-likeness (QED) is 0.697. The molecule has 138 valence electrons. The number of rotatable bonds is 6. The van der Waals surface area contributed by atoms with Gasteiger partial charge >= 0.3 is 5.97 Å². The molecule has 3 rings (SSSR count). The van der Waals surface area contributed by atoms with Crippen LogP contribution in [0.2, 0.25) is 5.02 Å². The molecule has 0 aliphatic carbocycles. The molecular weight excluding hydrogens is 356 g/mol. The van der Waals surface area contributed by atoms with E-state index in [1.807, 2.05) is 24.3 Å². The molecule has 0 N–H and O–H groups in total. The van der Waals surface area contributed by atoms with Crippen LogP contribution in [0.3, 0.4) is 0 Å². The molecule has 0 saturated carbocycles. The zero-order valence-electron chi connectivity index (χ0n) is 14.8. The summed E-state index contributed by atoms with van der Waals surface area (Å²) < 4.78 is 21.7. The van der Waals surface area contributed by atoms with E-state index in [9.17, 15) is 4.79 Å². The highest BCUT2D eigenvalue weighted by atomic mass is 35.5. The molecule has 0 amide bonds. The second kappa shape index (κ2) is 8.43. The first-order valence-corrected chi connectivity index (χ1v) is 8.81. The van der Waals surface area contributed by atoms with Crippen LogP contribution in [0.5, 0.6) is 11.5 Å². The summed E-state index contributed by atoms with van der Waals surface area (Å²) in [7, 11) is 0. The number of fused-ring (bicyclic) bond motifs is 1. The number of carbonyl (C=O) groups excluding carboxylic acids is 1. The summed E-state index contributed by atoms with van der Waals surface area (Å²) in [6.07, 6.45) is 0. The maximum absolute atomic E-state index is 12.1. The predicted octanol–water partition coefficient (Wildman–Crippen LogP) is 4.45. The van der Waals surface area contributed by atoms with Crippen LogP contribution < -0.4 is 9.47 Å². The van der Waals surface area contributed by atoms with Crippen molar-refractivity contribution in [3.63, 3.8) is 0 Å². The average Bonchev–Trinajstić information content (AvgIpc) is 2.64. The van der Waals surface area contributed by atoms with E-state index in [4.69, 9.17) is 30.5 Å². The van der Waals surface area contributed by atoms with Gasteiger partial charge in [-0.2, -0.15) is 0 Å². The molecule has 1 aliphatic heterocycles. The minimum absolute atomic E-state index is 0.0664. The zero-order valence-corrected chi connectivity index (χ0v) is 15.5. The predicted molar refractivity (Wildman–Crippen MR) is 97.6 cm³/mol. The van der Waals surface area contributed by atoms with Crippen LogP contribution in [-0.4, -0.2) is 19.4 Å². The molecule has 1 aliphatic rings. The number of halogens is 1. The van der Waals surface area contributed by atoms with Gasteiger partial charge in [-0.1, -0.05) is 43.6 Å². The second-order valence-electron chi connectivity index (χ2n) is 6.31. The van der Waals surface area contributed by atoms with E-state index in [2.05, 4.69) is 13.8 Å². The fourth-order valence-electron chi connectivity index (χ4n) is 2.79. The third-order valence-electron chi connectivity index (χ3n) is 4.03. The summed E-state index contributed by atoms with van der Waals surface area (Å²) in [5.74, 6) is 1.21. The lowest BCUT2D eigenvalue weighted by molar-refractivity contribution is -0.147. The highest BCUT2D eigenvalue weighted by molar-refractivity contribution is 6.30. The van der Waals surface area contributed by atoms with E-state index in [-0.39, 0.29) is 20.0 Å². The van der Waals surface area contributed by atoms with Gasteiger partial charge in [0.25, 0.3) is 0 Å². The third-order valence-corrected chi connectivity index (χ3v) is 4.25. The van der Waals surface area contributed by atoms with Crippen molar-refractivity contribution in [3.05, 3.63) is 58.1 Å². The second-order valence-corrected chi connectivity index (χ2v) is 6.74. The molecule has 0 fully saturated rings. The number of carbonyl (C=O) groups is 1. The Kier molecular flexibility index (Phi) is 6.01. The Hall–Kier alpha value is -2.24.